The summed E-state index contributed by atoms with van der Waals surface area (Å²) in [6, 6.07) is 5.99. The second-order valence-electron chi connectivity index (χ2n) is 3.95. The second kappa shape index (κ2) is 7.14. The summed E-state index contributed by atoms with van der Waals surface area (Å²) in [6.07, 6.45) is 0.824. The van der Waals surface area contributed by atoms with Gasteiger partial charge in [0.05, 0.1) is 6.61 Å². The Kier molecular flexibility index (Phi) is 5.80. The Hall–Kier alpha value is -1.26. The third kappa shape index (κ3) is 4.63. The number of methoxy groups -OCH3 is 1. The topological polar surface area (TPSA) is 53.7 Å². The third-order valence-electron chi connectivity index (χ3n) is 2.20. The molecule has 1 unspecified atom stereocenters. The zero-order chi connectivity index (χ0) is 12.7. The highest BCUT2D eigenvalue weighted by molar-refractivity contribution is 5.43. The van der Waals surface area contributed by atoms with E-state index in [1.165, 1.54) is 0 Å². The second-order valence-corrected chi connectivity index (χ2v) is 3.95. The predicted octanol–water partition coefficient (Wildman–Crippen LogP) is 1.96. The first-order chi connectivity index (χ1) is 8.17. The van der Waals surface area contributed by atoms with Gasteiger partial charge in [0.2, 0.25) is 0 Å². The van der Waals surface area contributed by atoms with Gasteiger partial charge in [-0.15, -0.1) is 0 Å². The van der Waals surface area contributed by atoms with Crippen LogP contribution < -0.4 is 15.2 Å². The molecule has 0 radical (unpaired) electrons. The fourth-order valence-corrected chi connectivity index (χ4v) is 1.56. The van der Waals surface area contributed by atoms with Crippen molar-refractivity contribution in [2.75, 3.05) is 20.5 Å². The molecule has 0 fully saturated rings. The molecule has 1 rings (SSSR count). The van der Waals surface area contributed by atoms with Crippen LogP contribution in [0.25, 0.3) is 0 Å². The number of hydrogen-bond donors (Lipinski definition) is 1. The van der Waals surface area contributed by atoms with E-state index < -0.39 is 0 Å². The molecule has 0 bridgehead atoms. The minimum Gasteiger partial charge on any atom is -0.490 e. The summed E-state index contributed by atoms with van der Waals surface area (Å²) in [5, 5.41) is 0. The number of rotatable bonds is 7. The summed E-state index contributed by atoms with van der Waals surface area (Å²) in [6.45, 7) is 4.74. The molecule has 1 atom stereocenters. The molecule has 0 spiro atoms. The van der Waals surface area contributed by atoms with Crippen molar-refractivity contribution < 1.29 is 14.2 Å². The van der Waals surface area contributed by atoms with E-state index in [0.29, 0.717) is 12.4 Å². The molecule has 0 amide bonds. The minimum absolute atomic E-state index is 0.134. The molecule has 1 aromatic carbocycles. The van der Waals surface area contributed by atoms with Gasteiger partial charge in [0, 0.05) is 13.2 Å². The first-order valence-electron chi connectivity index (χ1n) is 5.80. The van der Waals surface area contributed by atoms with Gasteiger partial charge in [0.25, 0.3) is 0 Å². The molecule has 17 heavy (non-hydrogen) atoms. The quantitative estimate of drug-likeness (QED) is 0.739. The average Bonchev–Trinajstić information content (AvgIpc) is 2.28. The lowest BCUT2D eigenvalue weighted by molar-refractivity contribution is 0.0487. The van der Waals surface area contributed by atoms with Crippen molar-refractivity contribution in [2.45, 2.75) is 26.3 Å². The monoisotopic (exact) mass is 239 g/mol. The smallest absolute Gasteiger partial charge is 0.188 e. The highest BCUT2D eigenvalue weighted by Gasteiger charge is 2.07. The average molecular weight is 239 g/mol. The van der Waals surface area contributed by atoms with Crippen LogP contribution in [0.4, 0.5) is 0 Å². The Bertz CT molecular complexity index is 339. The number of hydrogen-bond acceptors (Lipinski definition) is 4. The molecule has 0 aromatic heterocycles. The summed E-state index contributed by atoms with van der Waals surface area (Å²) in [7, 11) is 1.59. The van der Waals surface area contributed by atoms with Gasteiger partial charge in [-0.1, -0.05) is 6.07 Å². The van der Waals surface area contributed by atoms with E-state index in [1.54, 1.807) is 7.11 Å². The maximum absolute atomic E-state index is 5.77. The normalized spacial score (nSPS) is 12.2. The molecule has 2 N–H and O–H groups in total. The Balaban J connectivity index is 2.83. The van der Waals surface area contributed by atoms with Crippen LogP contribution in [-0.2, 0) is 11.2 Å². The molecular weight excluding hydrogens is 218 g/mol. The zero-order valence-electron chi connectivity index (χ0n) is 10.7. The van der Waals surface area contributed by atoms with Crippen LogP contribution >= 0.6 is 0 Å². The summed E-state index contributed by atoms with van der Waals surface area (Å²) in [5.41, 5.74) is 6.92. The molecule has 0 aliphatic rings. The highest BCUT2D eigenvalue weighted by Crippen LogP contribution is 2.28. The number of ether oxygens (including phenoxy) is 3. The van der Waals surface area contributed by atoms with E-state index >= 15 is 0 Å². The van der Waals surface area contributed by atoms with Crippen molar-refractivity contribution in [1.29, 1.82) is 0 Å². The molecule has 1 aromatic rings. The van der Waals surface area contributed by atoms with Crippen molar-refractivity contribution in [1.82, 2.24) is 0 Å². The number of benzene rings is 1. The van der Waals surface area contributed by atoms with E-state index in [0.717, 1.165) is 17.7 Å². The fraction of sp³-hybridized carbons (Fsp3) is 0.538. The van der Waals surface area contributed by atoms with E-state index in [1.807, 2.05) is 32.0 Å². The van der Waals surface area contributed by atoms with Gasteiger partial charge < -0.3 is 19.9 Å². The zero-order valence-corrected chi connectivity index (χ0v) is 10.7. The SMILES string of the molecule is CCOc1cc(CC(C)N)ccc1OCOC. The van der Waals surface area contributed by atoms with Crippen LogP contribution in [0.1, 0.15) is 19.4 Å². The maximum Gasteiger partial charge on any atom is 0.188 e. The van der Waals surface area contributed by atoms with Gasteiger partial charge in [0.15, 0.2) is 18.3 Å². The molecule has 0 heterocycles. The molecule has 0 saturated carbocycles. The summed E-state index contributed by atoms with van der Waals surface area (Å²) in [4.78, 5) is 0. The fourth-order valence-electron chi connectivity index (χ4n) is 1.56. The van der Waals surface area contributed by atoms with Crippen LogP contribution in [0.15, 0.2) is 18.2 Å². The highest BCUT2D eigenvalue weighted by atomic mass is 16.7. The molecule has 96 valence electrons. The van der Waals surface area contributed by atoms with E-state index in [4.69, 9.17) is 19.9 Å². The van der Waals surface area contributed by atoms with Crippen molar-refractivity contribution in [2.24, 2.45) is 5.73 Å². The van der Waals surface area contributed by atoms with Crippen LogP contribution in [0.5, 0.6) is 11.5 Å². The van der Waals surface area contributed by atoms with Crippen LogP contribution in [0.2, 0.25) is 0 Å². The van der Waals surface area contributed by atoms with Crippen LogP contribution in [0, 0.1) is 0 Å². The van der Waals surface area contributed by atoms with Crippen LogP contribution in [0.3, 0.4) is 0 Å². The van der Waals surface area contributed by atoms with Gasteiger partial charge in [-0.3, -0.25) is 0 Å². The Morgan fingerprint density at radius 3 is 2.59 bits per heavy atom. The van der Waals surface area contributed by atoms with Crippen molar-refractivity contribution in [3.05, 3.63) is 23.8 Å². The van der Waals surface area contributed by atoms with E-state index in [2.05, 4.69) is 0 Å². The summed E-state index contributed by atoms with van der Waals surface area (Å²) < 4.78 is 15.8. The van der Waals surface area contributed by atoms with E-state index in [9.17, 15) is 0 Å². The van der Waals surface area contributed by atoms with E-state index in [-0.39, 0.29) is 12.8 Å². The van der Waals surface area contributed by atoms with Crippen molar-refractivity contribution in [3.63, 3.8) is 0 Å². The standard InChI is InChI=1S/C13H21NO3/c1-4-16-13-8-11(7-10(2)14)5-6-12(13)17-9-15-3/h5-6,8,10H,4,7,9,14H2,1-3H3. The minimum atomic E-state index is 0.134. The van der Waals surface area contributed by atoms with Gasteiger partial charge in [-0.05, 0) is 38.0 Å². The Morgan fingerprint density at radius 1 is 1.24 bits per heavy atom. The first kappa shape index (κ1) is 13.8. The molecule has 0 aliphatic heterocycles. The molecule has 4 nitrogen and oxygen atoms in total. The lowest BCUT2D eigenvalue weighted by Gasteiger charge is -2.13. The molecule has 0 saturated heterocycles. The van der Waals surface area contributed by atoms with Gasteiger partial charge in [0.1, 0.15) is 0 Å². The number of nitrogens with two attached hydrogens (primary N) is 1. The predicted molar refractivity (Wildman–Crippen MR) is 67.5 cm³/mol. The molecular formula is C13H21NO3. The van der Waals surface area contributed by atoms with Gasteiger partial charge in [-0.2, -0.15) is 0 Å². The van der Waals surface area contributed by atoms with Gasteiger partial charge in [-0.25, -0.2) is 0 Å². The third-order valence-corrected chi connectivity index (χ3v) is 2.20. The van der Waals surface area contributed by atoms with Crippen molar-refractivity contribution >= 4 is 0 Å². The largest absolute Gasteiger partial charge is 0.490 e. The first-order valence-corrected chi connectivity index (χ1v) is 5.80. The molecule has 0 aliphatic carbocycles. The lowest BCUT2D eigenvalue weighted by Crippen LogP contribution is -2.17. The maximum atomic E-state index is 5.77. The summed E-state index contributed by atoms with van der Waals surface area (Å²) >= 11 is 0. The Labute approximate surface area is 103 Å². The lowest BCUT2D eigenvalue weighted by atomic mass is 10.1. The van der Waals surface area contributed by atoms with Gasteiger partial charge >= 0.3 is 0 Å². The Morgan fingerprint density at radius 2 is 2.00 bits per heavy atom. The van der Waals surface area contributed by atoms with Crippen LogP contribution in [-0.4, -0.2) is 26.6 Å². The molecule has 4 heteroatoms. The van der Waals surface area contributed by atoms with Crippen molar-refractivity contribution in [3.8, 4) is 11.5 Å². The summed E-state index contributed by atoms with van der Waals surface area (Å²) in [5.74, 6) is 1.44.